The fourth-order valence-corrected chi connectivity index (χ4v) is 3.22. The van der Waals surface area contributed by atoms with E-state index < -0.39 is 0 Å². The highest BCUT2D eigenvalue weighted by Crippen LogP contribution is 2.34. The second kappa shape index (κ2) is 6.89. The molecule has 1 aromatic heterocycles. The molecule has 1 fully saturated rings. The fourth-order valence-electron chi connectivity index (χ4n) is 3.22. The topological polar surface area (TPSA) is 33.1 Å². The van der Waals surface area contributed by atoms with Gasteiger partial charge in [0.1, 0.15) is 0 Å². The summed E-state index contributed by atoms with van der Waals surface area (Å²) in [7, 11) is 0. The molecule has 0 aromatic carbocycles. The van der Waals surface area contributed by atoms with Gasteiger partial charge in [-0.2, -0.15) is 0 Å². The largest absolute Gasteiger partial charge is 0.393 e. The quantitative estimate of drug-likeness (QED) is 0.862. The van der Waals surface area contributed by atoms with Crippen molar-refractivity contribution in [2.24, 2.45) is 11.8 Å². The van der Waals surface area contributed by atoms with Crippen LogP contribution in [-0.4, -0.2) is 16.2 Å². The number of aryl methyl sites for hydroxylation is 1. The van der Waals surface area contributed by atoms with E-state index >= 15 is 0 Å². The van der Waals surface area contributed by atoms with Gasteiger partial charge in [-0.25, -0.2) is 0 Å². The molecule has 1 aliphatic carbocycles. The molecule has 1 aromatic rings. The van der Waals surface area contributed by atoms with Crippen LogP contribution in [0.1, 0.15) is 51.0 Å². The highest BCUT2D eigenvalue weighted by Gasteiger charge is 2.28. The number of pyridine rings is 1. The third-order valence-corrected chi connectivity index (χ3v) is 4.27. The lowest BCUT2D eigenvalue weighted by atomic mass is 9.75. The second-order valence-corrected chi connectivity index (χ2v) is 5.70. The number of hydrogen-bond acceptors (Lipinski definition) is 2. The Balaban J connectivity index is 1.83. The van der Waals surface area contributed by atoms with Crippen LogP contribution < -0.4 is 0 Å². The number of hydrogen-bond donors (Lipinski definition) is 1. The highest BCUT2D eigenvalue weighted by molar-refractivity contribution is 5.08. The average Bonchev–Trinajstić information content (AvgIpc) is 2.41. The van der Waals surface area contributed by atoms with E-state index in [4.69, 9.17) is 0 Å². The zero-order valence-corrected chi connectivity index (χ0v) is 11.4. The first-order valence-corrected chi connectivity index (χ1v) is 7.36. The van der Waals surface area contributed by atoms with Gasteiger partial charge in [0.05, 0.1) is 6.10 Å². The van der Waals surface area contributed by atoms with Gasteiger partial charge >= 0.3 is 0 Å². The predicted molar refractivity (Wildman–Crippen MR) is 74.3 cm³/mol. The van der Waals surface area contributed by atoms with Crippen molar-refractivity contribution in [1.29, 1.82) is 0 Å². The highest BCUT2D eigenvalue weighted by atomic mass is 16.3. The van der Waals surface area contributed by atoms with E-state index in [-0.39, 0.29) is 6.10 Å². The molecule has 100 valence electrons. The molecule has 1 saturated carbocycles. The van der Waals surface area contributed by atoms with Crippen molar-refractivity contribution < 1.29 is 5.11 Å². The smallest absolute Gasteiger partial charge is 0.0568 e. The summed E-state index contributed by atoms with van der Waals surface area (Å²) in [5, 5.41) is 10.1. The standard InChI is InChI=1S/C16H25NO/c1-2-4-13-7-9-16(18)15(11-13)8-6-14-5-3-10-17-12-14/h3,5,10,12-13,15-16,18H,2,4,6-9,11H2,1H3. The van der Waals surface area contributed by atoms with Gasteiger partial charge in [-0.1, -0.05) is 25.8 Å². The molecule has 3 atom stereocenters. The van der Waals surface area contributed by atoms with Gasteiger partial charge in [0.2, 0.25) is 0 Å². The molecule has 18 heavy (non-hydrogen) atoms. The van der Waals surface area contributed by atoms with Crippen molar-refractivity contribution in [3.63, 3.8) is 0 Å². The van der Waals surface area contributed by atoms with Gasteiger partial charge in [-0.05, 0) is 55.6 Å². The zero-order chi connectivity index (χ0) is 12.8. The summed E-state index contributed by atoms with van der Waals surface area (Å²) in [5.74, 6) is 1.34. The van der Waals surface area contributed by atoms with Crippen molar-refractivity contribution in [3.8, 4) is 0 Å². The molecule has 0 amide bonds. The second-order valence-electron chi connectivity index (χ2n) is 5.70. The summed E-state index contributed by atoms with van der Waals surface area (Å²) in [6.07, 6.45) is 11.9. The molecule has 3 unspecified atom stereocenters. The molecule has 2 rings (SSSR count). The molecule has 0 bridgehead atoms. The van der Waals surface area contributed by atoms with E-state index in [2.05, 4.69) is 18.0 Å². The minimum atomic E-state index is -0.0743. The first kappa shape index (κ1) is 13.5. The Labute approximate surface area is 110 Å². The fraction of sp³-hybridized carbons (Fsp3) is 0.688. The third-order valence-electron chi connectivity index (χ3n) is 4.27. The number of aliphatic hydroxyl groups excluding tert-OH is 1. The van der Waals surface area contributed by atoms with Crippen LogP contribution in [0.2, 0.25) is 0 Å². The van der Waals surface area contributed by atoms with Crippen LogP contribution in [0.5, 0.6) is 0 Å². The lowest BCUT2D eigenvalue weighted by Crippen LogP contribution is -2.29. The summed E-state index contributed by atoms with van der Waals surface area (Å²) >= 11 is 0. The van der Waals surface area contributed by atoms with Crippen LogP contribution in [0.4, 0.5) is 0 Å². The summed E-state index contributed by atoms with van der Waals surface area (Å²) in [5.41, 5.74) is 1.29. The van der Waals surface area contributed by atoms with E-state index in [0.29, 0.717) is 5.92 Å². The van der Waals surface area contributed by atoms with Crippen LogP contribution >= 0.6 is 0 Å². The molecule has 0 radical (unpaired) electrons. The van der Waals surface area contributed by atoms with Crippen LogP contribution in [0.15, 0.2) is 24.5 Å². The van der Waals surface area contributed by atoms with Crippen molar-refractivity contribution in [1.82, 2.24) is 4.98 Å². The first-order chi connectivity index (χ1) is 8.79. The minimum Gasteiger partial charge on any atom is -0.393 e. The molecule has 0 saturated heterocycles. The molecular formula is C16H25NO. The monoisotopic (exact) mass is 247 g/mol. The maximum Gasteiger partial charge on any atom is 0.0568 e. The summed E-state index contributed by atoms with van der Waals surface area (Å²) < 4.78 is 0. The van der Waals surface area contributed by atoms with Gasteiger partial charge < -0.3 is 5.11 Å². The molecule has 1 aliphatic rings. The van der Waals surface area contributed by atoms with Gasteiger partial charge in [-0.15, -0.1) is 0 Å². The van der Waals surface area contributed by atoms with Crippen LogP contribution in [0, 0.1) is 11.8 Å². The predicted octanol–water partition coefficient (Wildman–Crippen LogP) is 3.59. The Morgan fingerprint density at radius 3 is 2.94 bits per heavy atom. The van der Waals surface area contributed by atoms with Crippen LogP contribution in [0.25, 0.3) is 0 Å². The van der Waals surface area contributed by atoms with Gasteiger partial charge in [0, 0.05) is 12.4 Å². The maximum absolute atomic E-state index is 10.1. The first-order valence-electron chi connectivity index (χ1n) is 7.36. The molecule has 0 spiro atoms. The number of aliphatic hydroxyl groups is 1. The third kappa shape index (κ3) is 3.81. The number of nitrogens with zero attached hydrogens (tertiary/aromatic N) is 1. The molecule has 1 heterocycles. The van der Waals surface area contributed by atoms with E-state index in [1.807, 2.05) is 18.5 Å². The van der Waals surface area contributed by atoms with E-state index in [1.165, 1.54) is 31.2 Å². The number of rotatable bonds is 5. The molecule has 1 N–H and O–H groups in total. The van der Waals surface area contributed by atoms with Crippen molar-refractivity contribution >= 4 is 0 Å². The maximum atomic E-state index is 10.1. The SMILES string of the molecule is CCCC1CCC(O)C(CCc2cccnc2)C1. The van der Waals surface area contributed by atoms with Crippen LogP contribution in [0.3, 0.4) is 0 Å². The van der Waals surface area contributed by atoms with Gasteiger partial charge in [0.25, 0.3) is 0 Å². The van der Waals surface area contributed by atoms with Crippen molar-refractivity contribution in [2.45, 2.75) is 58.0 Å². The Kier molecular flexibility index (Phi) is 5.18. The summed E-state index contributed by atoms with van der Waals surface area (Å²) in [4.78, 5) is 4.15. The molecular weight excluding hydrogens is 222 g/mol. The lowest BCUT2D eigenvalue weighted by Gasteiger charge is -2.33. The van der Waals surface area contributed by atoms with E-state index in [9.17, 15) is 5.11 Å². The van der Waals surface area contributed by atoms with Crippen molar-refractivity contribution in [3.05, 3.63) is 30.1 Å². The summed E-state index contributed by atoms with van der Waals surface area (Å²) in [6, 6.07) is 4.12. The minimum absolute atomic E-state index is 0.0743. The molecule has 0 aliphatic heterocycles. The molecule has 2 heteroatoms. The van der Waals surface area contributed by atoms with E-state index in [0.717, 1.165) is 25.2 Å². The Hall–Kier alpha value is -0.890. The van der Waals surface area contributed by atoms with Gasteiger partial charge in [-0.3, -0.25) is 4.98 Å². The zero-order valence-electron chi connectivity index (χ0n) is 11.4. The summed E-state index contributed by atoms with van der Waals surface area (Å²) in [6.45, 7) is 2.26. The Bertz CT molecular complexity index is 338. The average molecular weight is 247 g/mol. The lowest BCUT2D eigenvalue weighted by molar-refractivity contribution is 0.0420. The Morgan fingerprint density at radius 1 is 1.33 bits per heavy atom. The molecule has 2 nitrogen and oxygen atoms in total. The van der Waals surface area contributed by atoms with E-state index in [1.54, 1.807) is 0 Å². The Morgan fingerprint density at radius 2 is 2.22 bits per heavy atom. The van der Waals surface area contributed by atoms with Gasteiger partial charge in [0.15, 0.2) is 0 Å². The number of aromatic nitrogens is 1. The van der Waals surface area contributed by atoms with Crippen molar-refractivity contribution in [2.75, 3.05) is 0 Å². The normalized spacial score (nSPS) is 28.2. The van der Waals surface area contributed by atoms with Crippen LogP contribution in [-0.2, 0) is 6.42 Å².